The SMILES string of the molecule is COC(=O)c1ccc(/C=C2\SC(=Nc3ccccc3F)N(C3CCCCC3)C2=O)cc1. The van der Waals surface area contributed by atoms with E-state index in [2.05, 4.69) is 4.99 Å². The Morgan fingerprint density at radius 2 is 1.84 bits per heavy atom. The van der Waals surface area contributed by atoms with Crippen LogP contribution in [0.4, 0.5) is 10.1 Å². The van der Waals surface area contributed by atoms with Gasteiger partial charge in [-0.05, 0) is 60.5 Å². The summed E-state index contributed by atoms with van der Waals surface area (Å²) < 4.78 is 18.9. The summed E-state index contributed by atoms with van der Waals surface area (Å²) >= 11 is 1.26. The van der Waals surface area contributed by atoms with Crippen LogP contribution in [0, 0.1) is 5.82 Å². The molecular formula is C24H23FN2O3S. The number of benzene rings is 2. The number of aliphatic imine (C=N–C) groups is 1. The van der Waals surface area contributed by atoms with Gasteiger partial charge in [-0.2, -0.15) is 0 Å². The number of nitrogens with zero attached hydrogens (tertiary/aromatic N) is 2. The maximum absolute atomic E-state index is 14.2. The van der Waals surface area contributed by atoms with E-state index >= 15 is 0 Å². The predicted octanol–water partition coefficient (Wildman–Crippen LogP) is 5.55. The summed E-state index contributed by atoms with van der Waals surface area (Å²) in [5, 5.41) is 0.513. The molecule has 1 aliphatic heterocycles. The van der Waals surface area contributed by atoms with Crippen molar-refractivity contribution < 1.29 is 18.7 Å². The molecule has 1 amide bonds. The number of carbonyl (C=O) groups excluding carboxylic acids is 2. The highest BCUT2D eigenvalue weighted by Gasteiger charge is 2.38. The molecule has 0 radical (unpaired) electrons. The van der Waals surface area contributed by atoms with E-state index < -0.39 is 11.8 Å². The van der Waals surface area contributed by atoms with E-state index in [0.29, 0.717) is 15.6 Å². The van der Waals surface area contributed by atoms with Crippen LogP contribution in [0.1, 0.15) is 48.0 Å². The van der Waals surface area contributed by atoms with Gasteiger partial charge in [-0.15, -0.1) is 0 Å². The third-order valence-electron chi connectivity index (χ3n) is 5.47. The summed E-state index contributed by atoms with van der Waals surface area (Å²) in [7, 11) is 1.34. The summed E-state index contributed by atoms with van der Waals surface area (Å²) in [6.45, 7) is 0. The van der Waals surface area contributed by atoms with Crippen LogP contribution in [0.15, 0.2) is 58.4 Å². The van der Waals surface area contributed by atoms with E-state index in [4.69, 9.17) is 4.74 Å². The monoisotopic (exact) mass is 438 g/mol. The highest BCUT2D eigenvalue weighted by molar-refractivity contribution is 8.18. The number of amidine groups is 1. The highest BCUT2D eigenvalue weighted by Crippen LogP contribution is 2.38. The summed E-state index contributed by atoms with van der Waals surface area (Å²) in [6.07, 6.45) is 6.93. The molecule has 0 unspecified atom stereocenters. The van der Waals surface area contributed by atoms with Crippen molar-refractivity contribution in [3.8, 4) is 0 Å². The molecule has 31 heavy (non-hydrogen) atoms. The molecule has 0 N–H and O–H groups in total. The zero-order valence-electron chi connectivity index (χ0n) is 17.2. The first-order valence-electron chi connectivity index (χ1n) is 10.3. The second-order valence-electron chi connectivity index (χ2n) is 7.54. The van der Waals surface area contributed by atoms with Crippen molar-refractivity contribution in [2.45, 2.75) is 38.1 Å². The van der Waals surface area contributed by atoms with E-state index in [1.165, 1.54) is 31.4 Å². The number of carbonyl (C=O) groups is 2. The fraction of sp³-hybridized carbons (Fsp3) is 0.292. The Labute approximate surface area is 185 Å². The number of methoxy groups -OCH3 is 1. The molecule has 1 heterocycles. The van der Waals surface area contributed by atoms with Gasteiger partial charge in [0.15, 0.2) is 5.17 Å². The number of hydrogen-bond donors (Lipinski definition) is 0. The Kier molecular flexibility index (Phi) is 6.51. The second-order valence-corrected chi connectivity index (χ2v) is 8.55. The van der Waals surface area contributed by atoms with Crippen LogP contribution in [-0.4, -0.2) is 35.1 Å². The quantitative estimate of drug-likeness (QED) is 0.464. The number of ether oxygens (including phenoxy) is 1. The molecule has 0 bridgehead atoms. The average molecular weight is 439 g/mol. The van der Waals surface area contributed by atoms with Gasteiger partial charge in [-0.25, -0.2) is 14.2 Å². The van der Waals surface area contributed by atoms with Crippen LogP contribution in [0.25, 0.3) is 6.08 Å². The molecule has 1 aliphatic carbocycles. The van der Waals surface area contributed by atoms with Gasteiger partial charge in [0, 0.05) is 6.04 Å². The summed E-state index contributed by atoms with van der Waals surface area (Å²) in [4.78, 5) is 31.7. The lowest BCUT2D eigenvalue weighted by molar-refractivity contribution is -0.124. The van der Waals surface area contributed by atoms with Crippen molar-refractivity contribution in [2.24, 2.45) is 4.99 Å². The van der Waals surface area contributed by atoms with E-state index in [-0.39, 0.29) is 17.6 Å². The second kappa shape index (κ2) is 9.47. The number of amides is 1. The number of esters is 1. The molecule has 2 aromatic rings. The largest absolute Gasteiger partial charge is 0.465 e. The van der Waals surface area contributed by atoms with Gasteiger partial charge in [0.05, 0.1) is 17.6 Å². The number of thioether (sulfide) groups is 1. The molecule has 2 aromatic carbocycles. The molecule has 5 nitrogen and oxygen atoms in total. The maximum atomic E-state index is 14.2. The fourth-order valence-electron chi connectivity index (χ4n) is 3.86. The van der Waals surface area contributed by atoms with Crippen LogP contribution in [0.3, 0.4) is 0 Å². The Balaban J connectivity index is 1.67. The van der Waals surface area contributed by atoms with E-state index in [9.17, 15) is 14.0 Å². The molecule has 7 heteroatoms. The zero-order chi connectivity index (χ0) is 21.8. The van der Waals surface area contributed by atoms with Gasteiger partial charge >= 0.3 is 5.97 Å². The summed E-state index contributed by atoms with van der Waals surface area (Å²) in [5.74, 6) is -0.931. The molecule has 2 aliphatic rings. The molecular weight excluding hydrogens is 415 g/mol. The molecule has 0 spiro atoms. The zero-order valence-corrected chi connectivity index (χ0v) is 18.0. The smallest absolute Gasteiger partial charge is 0.337 e. The molecule has 1 saturated carbocycles. The third kappa shape index (κ3) is 4.71. The maximum Gasteiger partial charge on any atom is 0.337 e. The van der Waals surface area contributed by atoms with Crippen LogP contribution >= 0.6 is 11.8 Å². The number of halogens is 1. The molecule has 2 fully saturated rings. The highest BCUT2D eigenvalue weighted by atomic mass is 32.2. The summed E-state index contributed by atoms with van der Waals surface area (Å²) in [6, 6.07) is 13.3. The predicted molar refractivity (Wildman–Crippen MR) is 121 cm³/mol. The Morgan fingerprint density at radius 1 is 1.13 bits per heavy atom. The number of hydrogen-bond acceptors (Lipinski definition) is 5. The van der Waals surface area contributed by atoms with Crippen molar-refractivity contribution in [2.75, 3.05) is 7.11 Å². The van der Waals surface area contributed by atoms with Gasteiger partial charge in [0.2, 0.25) is 0 Å². The van der Waals surface area contributed by atoms with Crippen LogP contribution < -0.4 is 0 Å². The minimum Gasteiger partial charge on any atom is -0.465 e. The first kappa shape index (κ1) is 21.3. The van der Waals surface area contributed by atoms with Gasteiger partial charge in [-0.1, -0.05) is 43.5 Å². The van der Waals surface area contributed by atoms with Crippen LogP contribution in [0.5, 0.6) is 0 Å². The third-order valence-corrected chi connectivity index (χ3v) is 6.46. The van der Waals surface area contributed by atoms with E-state index in [1.54, 1.807) is 53.4 Å². The first-order valence-corrected chi connectivity index (χ1v) is 11.1. The van der Waals surface area contributed by atoms with Crippen molar-refractivity contribution in [1.82, 2.24) is 4.90 Å². The average Bonchev–Trinajstić information content (AvgIpc) is 3.10. The molecule has 0 aromatic heterocycles. The molecule has 4 rings (SSSR count). The molecule has 160 valence electrons. The van der Waals surface area contributed by atoms with Crippen molar-refractivity contribution >= 4 is 40.6 Å². The van der Waals surface area contributed by atoms with Crippen molar-refractivity contribution in [3.05, 3.63) is 70.4 Å². The Hall–Kier alpha value is -2.93. The lowest BCUT2D eigenvalue weighted by atomic mass is 9.94. The number of para-hydroxylation sites is 1. The lowest BCUT2D eigenvalue weighted by Gasteiger charge is -2.30. The molecule has 1 saturated heterocycles. The minimum absolute atomic E-state index is 0.0758. The van der Waals surface area contributed by atoms with E-state index in [1.807, 2.05) is 0 Å². The van der Waals surface area contributed by atoms with Gasteiger partial charge in [0.25, 0.3) is 5.91 Å². The van der Waals surface area contributed by atoms with Crippen molar-refractivity contribution in [1.29, 1.82) is 0 Å². The van der Waals surface area contributed by atoms with Crippen LogP contribution in [0.2, 0.25) is 0 Å². The van der Waals surface area contributed by atoms with Gasteiger partial charge in [0.1, 0.15) is 11.5 Å². The topological polar surface area (TPSA) is 59.0 Å². The Bertz CT molecular complexity index is 1040. The fourth-order valence-corrected chi connectivity index (χ4v) is 4.91. The number of rotatable bonds is 4. The van der Waals surface area contributed by atoms with Crippen molar-refractivity contribution in [3.63, 3.8) is 0 Å². The van der Waals surface area contributed by atoms with Gasteiger partial charge < -0.3 is 4.74 Å². The van der Waals surface area contributed by atoms with Gasteiger partial charge in [-0.3, -0.25) is 9.69 Å². The summed E-state index contributed by atoms with van der Waals surface area (Å²) in [5.41, 5.74) is 1.46. The normalized spacial score (nSPS) is 19.9. The van der Waals surface area contributed by atoms with Crippen LogP contribution in [-0.2, 0) is 9.53 Å². The Morgan fingerprint density at radius 3 is 2.52 bits per heavy atom. The first-order chi connectivity index (χ1) is 15.1. The van der Waals surface area contributed by atoms with E-state index in [0.717, 1.165) is 31.2 Å². The standard InChI is InChI=1S/C24H23FN2O3S/c1-30-23(29)17-13-11-16(12-14-17)15-21-22(28)27(18-7-3-2-4-8-18)24(31-21)26-20-10-6-5-9-19(20)25/h5-6,9-15,18H,2-4,7-8H2,1H3/b21-15-,26-24?. The minimum atomic E-state index is -0.414. The molecule has 0 atom stereocenters. The lowest BCUT2D eigenvalue weighted by Crippen LogP contribution is -2.40.